The molecule has 1 unspecified atom stereocenters. The normalized spacial score (nSPS) is 17.3. The van der Waals surface area contributed by atoms with Gasteiger partial charge in [-0.3, -0.25) is 9.59 Å². The third-order valence-corrected chi connectivity index (χ3v) is 5.57. The minimum atomic E-state index is -0.547. The highest BCUT2D eigenvalue weighted by atomic mass is 32.2. The summed E-state index contributed by atoms with van der Waals surface area (Å²) in [4.78, 5) is 24.3. The lowest BCUT2D eigenvalue weighted by atomic mass is 10.1. The molecule has 31 heavy (non-hydrogen) atoms. The number of carbonyl (C=O) groups excluding carboxylic acids is 2. The average Bonchev–Trinajstić information content (AvgIpc) is 3.36. The summed E-state index contributed by atoms with van der Waals surface area (Å²) in [7, 11) is 0. The SMILES string of the molecule is Cc1ccc(-c2ccc(/C=N/N=C3\NC(=O)C(CC(=O)Nc4ccccc4)S3)o2)cc1. The van der Waals surface area contributed by atoms with Gasteiger partial charge in [-0.25, -0.2) is 0 Å². The number of nitrogens with zero attached hydrogens (tertiary/aromatic N) is 2. The first-order chi connectivity index (χ1) is 15.1. The van der Waals surface area contributed by atoms with Crippen LogP contribution in [0.1, 0.15) is 17.7 Å². The summed E-state index contributed by atoms with van der Waals surface area (Å²) in [6, 6.07) is 20.8. The second-order valence-corrected chi connectivity index (χ2v) is 8.12. The molecular formula is C23H20N4O3S. The van der Waals surface area contributed by atoms with Gasteiger partial charge in [-0.2, -0.15) is 5.10 Å². The van der Waals surface area contributed by atoms with Crippen molar-refractivity contribution in [3.8, 4) is 11.3 Å². The molecule has 0 aliphatic carbocycles. The van der Waals surface area contributed by atoms with E-state index in [1.165, 1.54) is 23.5 Å². The number of amides is 2. The molecule has 0 saturated carbocycles. The molecule has 1 fully saturated rings. The Hall–Kier alpha value is -3.65. The summed E-state index contributed by atoms with van der Waals surface area (Å²) in [5.74, 6) is 0.791. The molecule has 1 aliphatic rings. The van der Waals surface area contributed by atoms with Crippen molar-refractivity contribution in [3.63, 3.8) is 0 Å². The van der Waals surface area contributed by atoms with Crippen LogP contribution in [0.5, 0.6) is 0 Å². The van der Waals surface area contributed by atoms with Gasteiger partial charge in [0.1, 0.15) is 16.8 Å². The quantitative estimate of drug-likeness (QED) is 0.451. The molecule has 2 amide bonds. The van der Waals surface area contributed by atoms with Gasteiger partial charge in [0.15, 0.2) is 5.17 Å². The Kier molecular flexibility index (Phi) is 6.28. The molecule has 4 rings (SSSR count). The number of aryl methyl sites for hydroxylation is 1. The lowest BCUT2D eigenvalue weighted by Crippen LogP contribution is -2.28. The third-order valence-electron chi connectivity index (χ3n) is 4.50. The second-order valence-electron chi connectivity index (χ2n) is 6.93. The van der Waals surface area contributed by atoms with Crippen LogP contribution in [0.3, 0.4) is 0 Å². The van der Waals surface area contributed by atoms with Gasteiger partial charge in [0, 0.05) is 17.7 Å². The van der Waals surface area contributed by atoms with Gasteiger partial charge in [0.25, 0.3) is 0 Å². The fourth-order valence-electron chi connectivity index (χ4n) is 2.92. The van der Waals surface area contributed by atoms with Crippen molar-refractivity contribution < 1.29 is 14.0 Å². The van der Waals surface area contributed by atoms with Gasteiger partial charge >= 0.3 is 0 Å². The number of hydrogen-bond donors (Lipinski definition) is 2. The van der Waals surface area contributed by atoms with E-state index in [4.69, 9.17) is 4.42 Å². The number of benzene rings is 2. The van der Waals surface area contributed by atoms with Crippen LogP contribution < -0.4 is 10.6 Å². The lowest BCUT2D eigenvalue weighted by Gasteiger charge is -2.06. The Morgan fingerprint density at radius 1 is 1.13 bits per heavy atom. The van der Waals surface area contributed by atoms with Gasteiger partial charge in [0.2, 0.25) is 11.8 Å². The maximum atomic E-state index is 12.2. The van der Waals surface area contributed by atoms with Crippen molar-refractivity contribution >= 4 is 40.6 Å². The molecule has 7 nitrogen and oxygen atoms in total. The van der Waals surface area contributed by atoms with E-state index in [1.807, 2.05) is 55.5 Å². The monoisotopic (exact) mass is 432 g/mol. The number of thioether (sulfide) groups is 1. The zero-order valence-electron chi connectivity index (χ0n) is 16.7. The standard InChI is InChI=1S/C23H20N4O3S/c1-15-7-9-16(10-8-15)19-12-11-18(30-19)14-24-27-23-26-22(29)20(31-23)13-21(28)25-17-5-3-2-4-6-17/h2-12,14,20H,13H2,1H3,(H,25,28)(H,26,27,29)/b24-14+. The minimum absolute atomic E-state index is 0.0478. The number of para-hydroxylation sites is 1. The summed E-state index contributed by atoms with van der Waals surface area (Å²) >= 11 is 1.18. The molecular weight excluding hydrogens is 412 g/mol. The predicted octanol–water partition coefficient (Wildman–Crippen LogP) is 4.21. The molecule has 1 saturated heterocycles. The van der Waals surface area contributed by atoms with Crippen LogP contribution in [0.4, 0.5) is 5.69 Å². The topological polar surface area (TPSA) is 96.1 Å². The number of nitrogens with one attached hydrogen (secondary N) is 2. The van der Waals surface area contributed by atoms with E-state index in [1.54, 1.807) is 18.2 Å². The number of furan rings is 1. The lowest BCUT2D eigenvalue weighted by molar-refractivity contribution is -0.122. The van der Waals surface area contributed by atoms with Crippen LogP contribution in [0.15, 0.2) is 81.4 Å². The van der Waals surface area contributed by atoms with Crippen molar-refractivity contribution in [2.75, 3.05) is 5.32 Å². The largest absolute Gasteiger partial charge is 0.455 e. The zero-order valence-corrected chi connectivity index (χ0v) is 17.6. The van der Waals surface area contributed by atoms with Crippen molar-refractivity contribution in [2.45, 2.75) is 18.6 Å². The van der Waals surface area contributed by atoms with Crippen LogP contribution in [-0.2, 0) is 9.59 Å². The Labute approximate surface area is 183 Å². The van der Waals surface area contributed by atoms with E-state index in [9.17, 15) is 9.59 Å². The number of hydrogen-bond acceptors (Lipinski definition) is 6. The van der Waals surface area contributed by atoms with Crippen molar-refractivity contribution in [2.24, 2.45) is 10.2 Å². The molecule has 3 aromatic rings. The van der Waals surface area contributed by atoms with Crippen LogP contribution in [-0.4, -0.2) is 28.4 Å². The highest BCUT2D eigenvalue weighted by Crippen LogP contribution is 2.24. The number of carbonyl (C=O) groups is 2. The molecule has 0 spiro atoms. The molecule has 1 aromatic heterocycles. The molecule has 8 heteroatoms. The maximum absolute atomic E-state index is 12.2. The Morgan fingerprint density at radius 3 is 2.68 bits per heavy atom. The van der Waals surface area contributed by atoms with Crippen molar-refractivity contribution in [1.29, 1.82) is 0 Å². The first-order valence-corrected chi connectivity index (χ1v) is 10.5. The highest BCUT2D eigenvalue weighted by molar-refractivity contribution is 8.15. The molecule has 0 bridgehead atoms. The van der Waals surface area contributed by atoms with Crippen molar-refractivity contribution in [3.05, 3.63) is 78.1 Å². The molecule has 2 heterocycles. The van der Waals surface area contributed by atoms with Gasteiger partial charge in [-0.15, -0.1) is 5.10 Å². The van der Waals surface area contributed by atoms with E-state index in [-0.39, 0.29) is 18.2 Å². The third kappa shape index (κ3) is 5.49. The molecule has 2 N–H and O–H groups in total. The summed E-state index contributed by atoms with van der Waals surface area (Å²) in [6.07, 6.45) is 1.53. The van der Waals surface area contributed by atoms with Crippen LogP contribution in [0, 0.1) is 6.92 Å². The summed E-state index contributed by atoms with van der Waals surface area (Å²) in [5.41, 5.74) is 2.85. The predicted molar refractivity (Wildman–Crippen MR) is 123 cm³/mol. The summed E-state index contributed by atoms with van der Waals surface area (Å²) in [5, 5.41) is 13.2. The van der Waals surface area contributed by atoms with Gasteiger partial charge in [-0.05, 0) is 31.2 Å². The second kappa shape index (κ2) is 9.44. The minimum Gasteiger partial charge on any atom is -0.455 e. The van der Waals surface area contributed by atoms with E-state index in [2.05, 4.69) is 20.8 Å². The first kappa shape index (κ1) is 20.6. The Morgan fingerprint density at radius 2 is 1.90 bits per heavy atom. The van der Waals surface area contributed by atoms with E-state index in [0.717, 1.165) is 11.3 Å². The molecule has 1 aliphatic heterocycles. The van der Waals surface area contributed by atoms with E-state index in [0.29, 0.717) is 16.6 Å². The number of anilines is 1. The average molecular weight is 433 g/mol. The molecule has 156 valence electrons. The Balaban J connectivity index is 1.32. The fourth-order valence-corrected chi connectivity index (χ4v) is 3.85. The smallest absolute Gasteiger partial charge is 0.240 e. The number of rotatable bonds is 6. The molecule has 1 atom stereocenters. The fraction of sp³-hybridized carbons (Fsp3) is 0.130. The maximum Gasteiger partial charge on any atom is 0.240 e. The van der Waals surface area contributed by atoms with Crippen LogP contribution >= 0.6 is 11.8 Å². The van der Waals surface area contributed by atoms with E-state index >= 15 is 0 Å². The molecule has 2 aromatic carbocycles. The van der Waals surface area contributed by atoms with Gasteiger partial charge < -0.3 is 15.1 Å². The highest BCUT2D eigenvalue weighted by Gasteiger charge is 2.32. The van der Waals surface area contributed by atoms with Gasteiger partial charge in [-0.1, -0.05) is 59.8 Å². The van der Waals surface area contributed by atoms with Gasteiger partial charge in [0.05, 0.1) is 6.21 Å². The van der Waals surface area contributed by atoms with Crippen molar-refractivity contribution in [1.82, 2.24) is 5.32 Å². The van der Waals surface area contributed by atoms with Crippen LogP contribution in [0.25, 0.3) is 11.3 Å². The summed E-state index contributed by atoms with van der Waals surface area (Å²) in [6.45, 7) is 2.03. The van der Waals surface area contributed by atoms with Crippen LogP contribution in [0.2, 0.25) is 0 Å². The summed E-state index contributed by atoms with van der Waals surface area (Å²) < 4.78 is 5.76. The van der Waals surface area contributed by atoms with E-state index < -0.39 is 5.25 Å². The first-order valence-electron chi connectivity index (χ1n) is 9.67. The zero-order chi connectivity index (χ0) is 21.6. The number of amidine groups is 1. The Bertz CT molecular complexity index is 1140. The molecule has 0 radical (unpaired) electrons.